The van der Waals surface area contributed by atoms with Crippen LogP contribution in [-0.2, 0) is 9.59 Å². The molecule has 2 heteroatoms. The summed E-state index contributed by atoms with van der Waals surface area (Å²) in [5.74, 6) is 3.50. The number of carbonyl (C=O) groups is 2. The third-order valence-corrected chi connectivity index (χ3v) is 8.88. The topological polar surface area (TPSA) is 34.1 Å². The molecule has 3 fully saturated rings. The number of hydrogen-bond acceptors (Lipinski definition) is 2. The number of carbonyl (C=O) groups excluding carboxylic acids is 2. The van der Waals surface area contributed by atoms with E-state index in [2.05, 4.69) is 20.8 Å². The van der Waals surface area contributed by atoms with Crippen molar-refractivity contribution in [2.75, 3.05) is 0 Å². The Balaban J connectivity index is 1.65. The Bertz CT molecular complexity index is 591. The zero-order chi connectivity index (χ0) is 17.1. The van der Waals surface area contributed by atoms with Gasteiger partial charge in [-0.15, -0.1) is 0 Å². The van der Waals surface area contributed by atoms with E-state index >= 15 is 0 Å². The minimum Gasteiger partial charge on any atom is -0.303 e. The summed E-state index contributed by atoms with van der Waals surface area (Å²) in [6.07, 6.45) is 12.5. The number of allylic oxidation sites excluding steroid dienone is 1. The molecule has 0 aromatic heterocycles. The van der Waals surface area contributed by atoms with Gasteiger partial charge in [-0.2, -0.15) is 0 Å². The van der Waals surface area contributed by atoms with E-state index in [-0.39, 0.29) is 11.3 Å². The molecule has 4 aliphatic carbocycles. The monoisotopic (exact) mass is 328 g/mol. The molecule has 0 amide bonds. The minimum atomic E-state index is 0.207. The summed E-state index contributed by atoms with van der Waals surface area (Å²) < 4.78 is 0. The van der Waals surface area contributed by atoms with Gasteiger partial charge in [0.05, 0.1) is 0 Å². The summed E-state index contributed by atoms with van der Waals surface area (Å²) in [7, 11) is 0. The van der Waals surface area contributed by atoms with Gasteiger partial charge in [-0.1, -0.05) is 26.3 Å². The van der Waals surface area contributed by atoms with Crippen LogP contribution in [0.4, 0.5) is 0 Å². The lowest BCUT2D eigenvalue weighted by Gasteiger charge is -2.58. The van der Waals surface area contributed by atoms with E-state index in [0.717, 1.165) is 37.0 Å². The van der Waals surface area contributed by atoms with Gasteiger partial charge in [-0.25, -0.2) is 0 Å². The molecule has 132 valence electrons. The van der Waals surface area contributed by atoms with E-state index in [9.17, 15) is 9.59 Å². The first-order chi connectivity index (χ1) is 11.4. The molecule has 2 nitrogen and oxygen atoms in total. The van der Waals surface area contributed by atoms with Gasteiger partial charge in [0.1, 0.15) is 6.29 Å². The average Bonchev–Trinajstić information content (AvgIpc) is 2.92. The molecule has 0 bridgehead atoms. The third-order valence-electron chi connectivity index (χ3n) is 8.88. The third kappa shape index (κ3) is 2.14. The molecule has 24 heavy (non-hydrogen) atoms. The zero-order valence-electron chi connectivity index (χ0n) is 15.5. The van der Waals surface area contributed by atoms with Crippen molar-refractivity contribution in [1.82, 2.24) is 0 Å². The lowest BCUT2D eigenvalue weighted by Crippen LogP contribution is -2.51. The summed E-state index contributed by atoms with van der Waals surface area (Å²) >= 11 is 0. The Morgan fingerprint density at radius 2 is 1.88 bits per heavy atom. The molecule has 4 rings (SSSR count). The van der Waals surface area contributed by atoms with Crippen LogP contribution in [0.2, 0.25) is 0 Å². The standard InChI is InChI=1S/C22H32O2/c1-14(13-23)18-6-7-19-17-5-4-15-12-16(24)8-10-21(15,2)20(17)9-11-22(18,19)3/h12-14,17-20H,4-11H2,1-3H3/t14-,17?,18-,19?,20?,21+,22-/m1/s1. The number of hydrogen-bond donors (Lipinski definition) is 0. The van der Waals surface area contributed by atoms with Crippen molar-refractivity contribution in [3.63, 3.8) is 0 Å². The van der Waals surface area contributed by atoms with E-state index in [1.807, 2.05) is 6.08 Å². The van der Waals surface area contributed by atoms with Crippen LogP contribution in [0.25, 0.3) is 0 Å². The number of fused-ring (bicyclic) bond motifs is 5. The Hall–Kier alpha value is -0.920. The van der Waals surface area contributed by atoms with Crippen LogP contribution in [0.15, 0.2) is 11.6 Å². The van der Waals surface area contributed by atoms with Gasteiger partial charge in [-0.3, -0.25) is 4.79 Å². The molecule has 0 aromatic rings. The Morgan fingerprint density at radius 1 is 1.08 bits per heavy atom. The van der Waals surface area contributed by atoms with Crippen LogP contribution >= 0.6 is 0 Å². The smallest absolute Gasteiger partial charge is 0.155 e. The average molecular weight is 328 g/mol. The van der Waals surface area contributed by atoms with E-state index in [1.54, 1.807) is 0 Å². The maximum Gasteiger partial charge on any atom is 0.155 e. The lowest BCUT2D eigenvalue weighted by atomic mass is 9.46. The van der Waals surface area contributed by atoms with E-state index in [0.29, 0.717) is 17.1 Å². The second-order valence-corrected chi connectivity index (χ2v) is 9.69. The molecule has 0 aliphatic heterocycles. The molecule has 0 saturated heterocycles. The summed E-state index contributed by atoms with van der Waals surface area (Å²) in [6, 6.07) is 0. The van der Waals surface area contributed by atoms with Gasteiger partial charge in [0.25, 0.3) is 0 Å². The largest absolute Gasteiger partial charge is 0.303 e. The highest BCUT2D eigenvalue weighted by Gasteiger charge is 2.59. The molecule has 0 aromatic carbocycles. The molecule has 0 spiro atoms. The van der Waals surface area contributed by atoms with Gasteiger partial charge in [-0.05, 0) is 85.5 Å². The minimum absolute atomic E-state index is 0.207. The zero-order valence-corrected chi connectivity index (χ0v) is 15.5. The van der Waals surface area contributed by atoms with Crippen LogP contribution in [0, 0.1) is 40.4 Å². The van der Waals surface area contributed by atoms with Crippen molar-refractivity contribution < 1.29 is 9.59 Å². The first kappa shape index (κ1) is 16.5. The molecular weight excluding hydrogens is 296 g/mol. The van der Waals surface area contributed by atoms with Crippen molar-refractivity contribution in [1.29, 1.82) is 0 Å². The van der Waals surface area contributed by atoms with Crippen LogP contribution < -0.4 is 0 Å². The fourth-order valence-electron chi connectivity index (χ4n) is 7.56. The number of rotatable bonds is 2. The second-order valence-electron chi connectivity index (χ2n) is 9.69. The van der Waals surface area contributed by atoms with Crippen LogP contribution in [-0.4, -0.2) is 12.1 Å². The lowest BCUT2D eigenvalue weighted by molar-refractivity contribution is -0.118. The molecular formula is C22H32O2. The predicted molar refractivity (Wildman–Crippen MR) is 95.4 cm³/mol. The van der Waals surface area contributed by atoms with Crippen molar-refractivity contribution in [2.45, 2.75) is 72.1 Å². The SMILES string of the molecule is C[C@H](C=O)[C@H]1CCC2C3CCC4=CC(=O)CC[C@]4(C)C3CC[C@@]21C. The summed E-state index contributed by atoms with van der Waals surface area (Å²) in [5.41, 5.74) is 2.09. The first-order valence-electron chi connectivity index (χ1n) is 10.1. The van der Waals surface area contributed by atoms with Crippen LogP contribution in [0.1, 0.15) is 72.1 Å². The summed E-state index contributed by atoms with van der Waals surface area (Å²) in [4.78, 5) is 23.3. The van der Waals surface area contributed by atoms with Gasteiger partial charge in [0.2, 0.25) is 0 Å². The Labute approximate surface area is 146 Å². The maximum atomic E-state index is 11.9. The van der Waals surface area contributed by atoms with Crippen molar-refractivity contribution in [3.8, 4) is 0 Å². The highest BCUT2D eigenvalue weighted by molar-refractivity contribution is 5.91. The van der Waals surface area contributed by atoms with Crippen molar-refractivity contribution in [3.05, 3.63) is 11.6 Å². The normalized spacial score (nSPS) is 48.8. The summed E-state index contributed by atoms with van der Waals surface area (Å²) in [5, 5.41) is 0. The second kappa shape index (κ2) is 5.54. The molecule has 7 atom stereocenters. The highest BCUT2D eigenvalue weighted by Crippen LogP contribution is 2.67. The Morgan fingerprint density at radius 3 is 2.62 bits per heavy atom. The van der Waals surface area contributed by atoms with Crippen molar-refractivity contribution >= 4 is 12.1 Å². The first-order valence-corrected chi connectivity index (χ1v) is 10.1. The number of ketones is 1. The molecule has 4 aliphatic rings. The molecule has 0 radical (unpaired) electrons. The summed E-state index contributed by atoms with van der Waals surface area (Å²) in [6.45, 7) is 7.07. The fraction of sp³-hybridized carbons (Fsp3) is 0.818. The van der Waals surface area contributed by atoms with E-state index < -0.39 is 0 Å². The molecule has 3 unspecified atom stereocenters. The highest BCUT2D eigenvalue weighted by atomic mass is 16.1. The van der Waals surface area contributed by atoms with Gasteiger partial charge in [0, 0.05) is 12.3 Å². The van der Waals surface area contributed by atoms with Gasteiger partial charge in [0.15, 0.2) is 5.78 Å². The number of aldehydes is 1. The van der Waals surface area contributed by atoms with Crippen molar-refractivity contribution in [2.24, 2.45) is 40.4 Å². The molecule has 0 N–H and O–H groups in total. The van der Waals surface area contributed by atoms with Gasteiger partial charge < -0.3 is 4.79 Å². The molecule has 3 saturated carbocycles. The quantitative estimate of drug-likeness (QED) is 0.671. The van der Waals surface area contributed by atoms with Crippen LogP contribution in [0.3, 0.4) is 0 Å². The molecule has 0 heterocycles. The fourth-order valence-corrected chi connectivity index (χ4v) is 7.56. The van der Waals surface area contributed by atoms with E-state index in [4.69, 9.17) is 0 Å². The predicted octanol–water partition coefficient (Wildman–Crippen LogP) is 4.97. The Kier molecular flexibility index (Phi) is 3.82. The maximum absolute atomic E-state index is 11.9. The van der Waals surface area contributed by atoms with Gasteiger partial charge >= 0.3 is 0 Å². The van der Waals surface area contributed by atoms with E-state index in [1.165, 1.54) is 44.0 Å². The van der Waals surface area contributed by atoms with Crippen LogP contribution in [0.5, 0.6) is 0 Å².